The topological polar surface area (TPSA) is 29.1 Å². The van der Waals surface area contributed by atoms with E-state index in [4.69, 9.17) is 0 Å². The monoisotopic (exact) mass is 121 g/mol. The van der Waals surface area contributed by atoms with Crippen molar-refractivity contribution in [2.24, 2.45) is 0 Å². The number of hydrogen-bond acceptors (Lipinski definition) is 1. The Labute approximate surface area is 46.9 Å². The van der Waals surface area contributed by atoms with Gasteiger partial charge in [-0.25, -0.2) is 8.93 Å². The lowest BCUT2D eigenvalue weighted by molar-refractivity contribution is 0.671. The molecule has 44 valence electrons. The van der Waals surface area contributed by atoms with Crippen LogP contribution in [0.3, 0.4) is 0 Å². The van der Waals surface area contributed by atoms with Crippen LogP contribution < -0.4 is 4.72 Å². The van der Waals surface area contributed by atoms with Gasteiger partial charge in [-0.1, -0.05) is 0 Å². The Morgan fingerprint density at radius 1 is 1.57 bits per heavy atom. The Balaban J connectivity index is 3.35. The summed E-state index contributed by atoms with van der Waals surface area (Å²) in [5, 5.41) is 0.227. The summed E-state index contributed by atoms with van der Waals surface area (Å²) in [4.78, 5) is 0. The molecule has 0 spiro atoms. The molecule has 0 aliphatic carbocycles. The highest BCUT2D eigenvalue weighted by molar-refractivity contribution is 7.83. The molecule has 7 heavy (non-hydrogen) atoms. The molecule has 2 nitrogen and oxygen atoms in total. The largest absolute Gasteiger partial charge is 0.243 e. The van der Waals surface area contributed by atoms with Crippen LogP contribution in [0.1, 0.15) is 13.8 Å². The van der Waals surface area contributed by atoms with Gasteiger partial charge in [0.1, 0.15) is 0 Å². The van der Waals surface area contributed by atoms with Crippen LogP contribution in [-0.4, -0.2) is 16.5 Å². The van der Waals surface area contributed by atoms with Crippen LogP contribution >= 0.6 is 0 Å². The van der Waals surface area contributed by atoms with Crippen LogP contribution in [0.2, 0.25) is 0 Å². The highest BCUT2D eigenvalue weighted by Crippen LogP contribution is 1.85. The quantitative estimate of drug-likeness (QED) is 0.558. The minimum absolute atomic E-state index is 0.227. The predicted molar refractivity (Wildman–Crippen MR) is 32.3 cm³/mol. The molecular weight excluding hydrogens is 110 g/mol. The first-order valence-corrected chi connectivity index (χ1v) is 3.47. The standard InChI is InChI=1S/C4H11NOS/c1-4(2)7(6)5-3/h4-5H,1-3H3/t7-/m0/s1. The third-order valence-electron chi connectivity index (χ3n) is 0.629. The van der Waals surface area contributed by atoms with Crippen LogP contribution in [0, 0.1) is 0 Å². The molecule has 0 unspecified atom stereocenters. The van der Waals surface area contributed by atoms with E-state index in [-0.39, 0.29) is 5.25 Å². The highest BCUT2D eigenvalue weighted by Gasteiger charge is 1.97. The van der Waals surface area contributed by atoms with Gasteiger partial charge in [-0.05, 0) is 20.9 Å². The van der Waals surface area contributed by atoms with E-state index in [2.05, 4.69) is 4.72 Å². The van der Waals surface area contributed by atoms with Gasteiger partial charge < -0.3 is 0 Å². The van der Waals surface area contributed by atoms with Crippen LogP contribution in [0.4, 0.5) is 0 Å². The zero-order valence-electron chi connectivity index (χ0n) is 4.89. The van der Waals surface area contributed by atoms with E-state index < -0.39 is 11.0 Å². The van der Waals surface area contributed by atoms with Crippen molar-refractivity contribution >= 4 is 11.0 Å². The molecule has 1 N–H and O–H groups in total. The minimum atomic E-state index is -0.829. The van der Waals surface area contributed by atoms with E-state index in [1.807, 2.05) is 13.8 Å². The van der Waals surface area contributed by atoms with Gasteiger partial charge in [0.2, 0.25) is 0 Å². The molecule has 0 aromatic rings. The van der Waals surface area contributed by atoms with Gasteiger partial charge in [0, 0.05) is 5.25 Å². The van der Waals surface area contributed by atoms with Crippen molar-refractivity contribution in [1.29, 1.82) is 0 Å². The third kappa shape index (κ3) is 2.76. The first-order valence-electron chi connectivity index (χ1n) is 2.26. The van der Waals surface area contributed by atoms with Crippen molar-refractivity contribution in [3.8, 4) is 0 Å². The van der Waals surface area contributed by atoms with Crippen molar-refractivity contribution in [3.63, 3.8) is 0 Å². The number of nitrogens with one attached hydrogen (secondary N) is 1. The molecular formula is C4H11NOS. The summed E-state index contributed by atoms with van der Waals surface area (Å²) in [6.45, 7) is 3.82. The Morgan fingerprint density at radius 3 is 2.00 bits per heavy atom. The Kier molecular flexibility index (Phi) is 3.21. The summed E-state index contributed by atoms with van der Waals surface area (Å²) >= 11 is 0. The van der Waals surface area contributed by atoms with E-state index in [1.54, 1.807) is 7.05 Å². The average molecular weight is 121 g/mol. The van der Waals surface area contributed by atoms with Gasteiger partial charge >= 0.3 is 0 Å². The maximum Gasteiger partial charge on any atom is 0.0938 e. The summed E-state index contributed by atoms with van der Waals surface area (Å²) in [6.07, 6.45) is 0. The summed E-state index contributed by atoms with van der Waals surface area (Å²) in [7, 11) is 0.862. The lowest BCUT2D eigenvalue weighted by atomic mass is 10.6. The molecule has 0 heterocycles. The van der Waals surface area contributed by atoms with Crippen molar-refractivity contribution in [3.05, 3.63) is 0 Å². The molecule has 1 atom stereocenters. The zero-order chi connectivity index (χ0) is 5.86. The summed E-state index contributed by atoms with van der Waals surface area (Å²) in [6, 6.07) is 0. The van der Waals surface area contributed by atoms with Gasteiger partial charge in [0.05, 0.1) is 11.0 Å². The normalized spacial score (nSPS) is 14.9. The van der Waals surface area contributed by atoms with E-state index >= 15 is 0 Å². The van der Waals surface area contributed by atoms with Gasteiger partial charge in [-0.3, -0.25) is 0 Å². The van der Waals surface area contributed by atoms with E-state index in [9.17, 15) is 4.21 Å². The molecule has 0 fully saturated rings. The molecule has 0 aliphatic rings. The molecule has 0 aromatic carbocycles. The zero-order valence-corrected chi connectivity index (χ0v) is 5.71. The number of hydrogen-bond donors (Lipinski definition) is 1. The molecule has 0 aliphatic heterocycles. The third-order valence-corrected chi connectivity index (χ3v) is 1.89. The maximum absolute atomic E-state index is 10.5. The summed E-state index contributed by atoms with van der Waals surface area (Å²) in [5.74, 6) is 0. The first kappa shape index (κ1) is 7.11. The predicted octanol–water partition coefficient (Wildman–Crippen LogP) is 0.278. The van der Waals surface area contributed by atoms with Gasteiger partial charge in [0.25, 0.3) is 0 Å². The second-order valence-electron chi connectivity index (χ2n) is 1.55. The lowest BCUT2D eigenvalue weighted by Crippen LogP contribution is -2.19. The number of rotatable bonds is 2. The lowest BCUT2D eigenvalue weighted by Gasteiger charge is -1.99. The molecule has 0 saturated heterocycles. The molecule has 0 radical (unpaired) electrons. The van der Waals surface area contributed by atoms with Crippen molar-refractivity contribution < 1.29 is 4.21 Å². The van der Waals surface area contributed by atoms with Crippen molar-refractivity contribution in [2.45, 2.75) is 19.1 Å². The van der Waals surface area contributed by atoms with E-state index in [0.717, 1.165) is 0 Å². The fraction of sp³-hybridized carbons (Fsp3) is 1.00. The van der Waals surface area contributed by atoms with Crippen LogP contribution in [0.25, 0.3) is 0 Å². The first-order chi connectivity index (χ1) is 3.18. The van der Waals surface area contributed by atoms with Crippen molar-refractivity contribution in [2.75, 3.05) is 7.05 Å². The molecule has 3 heteroatoms. The second-order valence-corrected chi connectivity index (χ2v) is 3.50. The average Bonchev–Trinajstić information content (AvgIpc) is 1.65. The summed E-state index contributed by atoms with van der Waals surface area (Å²) in [5.41, 5.74) is 0. The van der Waals surface area contributed by atoms with Crippen LogP contribution in [-0.2, 0) is 11.0 Å². The van der Waals surface area contributed by atoms with Crippen molar-refractivity contribution in [1.82, 2.24) is 4.72 Å². The van der Waals surface area contributed by atoms with E-state index in [1.165, 1.54) is 0 Å². The van der Waals surface area contributed by atoms with Gasteiger partial charge in [-0.2, -0.15) is 0 Å². The molecule has 0 aromatic heterocycles. The Morgan fingerprint density at radius 2 is 2.00 bits per heavy atom. The Bertz CT molecular complexity index is 72.1. The fourth-order valence-electron chi connectivity index (χ4n) is 0.236. The van der Waals surface area contributed by atoms with Gasteiger partial charge in [-0.15, -0.1) is 0 Å². The molecule has 0 rings (SSSR count). The molecule has 0 saturated carbocycles. The minimum Gasteiger partial charge on any atom is -0.243 e. The smallest absolute Gasteiger partial charge is 0.0938 e. The van der Waals surface area contributed by atoms with Crippen LogP contribution in [0.15, 0.2) is 0 Å². The van der Waals surface area contributed by atoms with Gasteiger partial charge in [0.15, 0.2) is 0 Å². The molecule has 0 amide bonds. The second kappa shape index (κ2) is 3.16. The summed E-state index contributed by atoms with van der Waals surface area (Å²) < 4.78 is 13.1. The maximum atomic E-state index is 10.5. The molecule has 0 bridgehead atoms. The highest BCUT2D eigenvalue weighted by atomic mass is 32.2. The SMILES string of the molecule is CN[S@@](=O)C(C)C. The van der Waals surface area contributed by atoms with E-state index in [0.29, 0.717) is 0 Å². The Hall–Kier alpha value is 0.110. The van der Waals surface area contributed by atoms with Crippen LogP contribution in [0.5, 0.6) is 0 Å². The fourth-order valence-corrected chi connectivity index (χ4v) is 0.707.